The van der Waals surface area contributed by atoms with E-state index in [2.05, 4.69) is 0 Å². The first-order chi connectivity index (χ1) is 7.13. The molecular formula is C10H13Cl2NO2. The Balaban J connectivity index is 2.46. The van der Waals surface area contributed by atoms with Gasteiger partial charge in [-0.2, -0.15) is 0 Å². The molecule has 1 aromatic carbocycles. The number of nitrogens with two attached hydrogens (primary N) is 1. The van der Waals surface area contributed by atoms with Crippen LogP contribution in [0.25, 0.3) is 0 Å². The topological polar surface area (TPSA) is 55.5 Å². The third-order valence-electron chi connectivity index (χ3n) is 1.87. The van der Waals surface area contributed by atoms with E-state index in [0.29, 0.717) is 28.8 Å². The summed E-state index contributed by atoms with van der Waals surface area (Å²) >= 11 is 11.7. The van der Waals surface area contributed by atoms with Crippen molar-refractivity contribution in [1.82, 2.24) is 0 Å². The summed E-state index contributed by atoms with van der Waals surface area (Å²) in [6, 6.07) is 4.99. The van der Waals surface area contributed by atoms with Gasteiger partial charge in [-0.1, -0.05) is 23.2 Å². The van der Waals surface area contributed by atoms with Gasteiger partial charge >= 0.3 is 0 Å². The summed E-state index contributed by atoms with van der Waals surface area (Å²) in [5.74, 6) is 0.522. The van der Waals surface area contributed by atoms with Crippen LogP contribution in [0.5, 0.6) is 5.75 Å². The Bertz CT molecular complexity index is 320. The largest absolute Gasteiger partial charge is 0.492 e. The first-order valence-electron chi connectivity index (χ1n) is 4.59. The highest BCUT2D eigenvalue weighted by Gasteiger charge is 2.04. The molecule has 3 N–H and O–H groups in total. The Kier molecular flexibility index (Phi) is 5.19. The van der Waals surface area contributed by atoms with Crippen LogP contribution in [0.15, 0.2) is 18.2 Å². The molecule has 0 aliphatic rings. The van der Waals surface area contributed by atoms with E-state index in [0.717, 1.165) is 0 Å². The van der Waals surface area contributed by atoms with Crippen molar-refractivity contribution >= 4 is 23.2 Å². The Hall–Kier alpha value is -0.480. The average molecular weight is 250 g/mol. The van der Waals surface area contributed by atoms with Crippen LogP contribution in [0, 0.1) is 0 Å². The standard InChI is InChI=1S/C10H13Cl2NO2/c11-7-1-2-9(12)10(5-7)15-4-3-8(14)6-13/h1-2,5,8,14H,3-4,6,13H2. The number of benzene rings is 1. The molecule has 1 aromatic rings. The lowest BCUT2D eigenvalue weighted by atomic mass is 10.3. The SMILES string of the molecule is NCC(O)CCOc1cc(Cl)ccc1Cl. The molecule has 0 amide bonds. The van der Waals surface area contributed by atoms with Crippen molar-refractivity contribution in [3.05, 3.63) is 28.2 Å². The fourth-order valence-electron chi connectivity index (χ4n) is 1.01. The normalized spacial score (nSPS) is 12.5. The van der Waals surface area contributed by atoms with Gasteiger partial charge in [-0.05, 0) is 12.1 Å². The number of aliphatic hydroxyl groups excluding tert-OH is 1. The molecule has 0 aromatic heterocycles. The van der Waals surface area contributed by atoms with Crippen molar-refractivity contribution in [2.45, 2.75) is 12.5 Å². The van der Waals surface area contributed by atoms with Gasteiger partial charge < -0.3 is 15.6 Å². The van der Waals surface area contributed by atoms with Crippen molar-refractivity contribution in [2.75, 3.05) is 13.2 Å². The van der Waals surface area contributed by atoms with Crippen LogP contribution in [-0.2, 0) is 0 Å². The van der Waals surface area contributed by atoms with Crippen LogP contribution < -0.4 is 10.5 Å². The summed E-state index contributed by atoms with van der Waals surface area (Å²) in [4.78, 5) is 0. The summed E-state index contributed by atoms with van der Waals surface area (Å²) in [5, 5.41) is 10.3. The molecule has 0 saturated carbocycles. The lowest BCUT2D eigenvalue weighted by Crippen LogP contribution is -2.21. The van der Waals surface area contributed by atoms with Crippen LogP contribution >= 0.6 is 23.2 Å². The van der Waals surface area contributed by atoms with Crippen molar-refractivity contribution < 1.29 is 9.84 Å². The van der Waals surface area contributed by atoms with E-state index in [1.54, 1.807) is 18.2 Å². The zero-order valence-electron chi connectivity index (χ0n) is 8.12. The first-order valence-corrected chi connectivity index (χ1v) is 5.35. The maximum absolute atomic E-state index is 9.20. The minimum Gasteiger partial charge on any atom is -0.492 e. The third-order valence-corrected chi connectivity index (χ3v) is 2.42. The molecule has 0 aliphatic heterocycles. The zero-order chi connectivity index (χ0) is 11.3. The summed E-state index contributed by atoms with van der Waals surface area (Å²) in [6.07, 6.45) is -0.0674. The molecule has 0 bridgehead atoms. The van der Waals surface area contributed by atoms with Crippen molar-refractivity contribution in [3.63, 3.8) is 0 Å². The van der Waals surface area contributed by atoms with E-state index >= 15 is 0 Å². The van der Waals surface area contributed by atoms with E-state index in [9.17, 15) is 5.11 Å². The summed E-state index contributed by atoms with van der Waals surface area (Å²) in [7, 11) is 0. The second kappa shape index (κ2) is 6.18. The summed E-state index contributed by atoms with van der Waals surface area (Å²) < 4.78 is 5.36. The van der Waals surface area contributed by atoms with Crippen molar-refractivity contribution in [2.24, 2.45) is 5.73 Å². The molecule has 1 rings (SSSR count). The van der Waals surface area contributed by atoms with E-state index in [1.807, 2.05) is 0 Å². The lowest BCUT2D eigenvalue weighted by Gasteiger charge is -2.10. The monoisotopic (exact) mass is 249 g/mol. The highest BCUT2D eigenvalue weighted by Crippen LogP contribution is 2.27. The molecule has 5 heteroatoms. The number of hydrogen-bond donors (Lipinski definition) is 2. The summed E-state index contributed by atoms with van der Waals surface area (Å²) in [6.45, 7) is 0.588. The fourth-order valence-corrected chi connectivity index (χ4v) is 1.34. The van der Waals surface area contributed by atoms with Gasteiger partial charge in [-0.3, -0.25) is 0 Å². The highest BCUT2D eigenvalue weighted by molar-refractivity contribution is 6.34. The molecule has 0 radical (unpaired) electrons. The maximum Gasteiger partial charge on any atom is 0.139 e. The van der Waals surface area contributed by atoms with Gasteiger partial charge in [0.25, 0.3) is 0 Å². The quantitative estimate of drug-likeness (QED) is 0.841. The number of halogens is 2. The second-order valence-corrected chi connectivity index (χ2v) is 3.95. The fraction of sp³-hybridized carbons (Fsp3) is 0.400. The zero-order valence-corrected chi connectivity index (χ0v) is 9.63. The van der Waals surface area contributed by atoms with Gasteiger partial charge in [0.2, 0.25) is 0 Å². The van der Waals surface area contributed by atoms with Gasteiger partial charge in [0, 0.05) is 24.1 Å². The van der Waals surface area contributed by atoms with E-state index in [4.69, 9.17) is 33.7 Å². The van der Waals surface area contributed by atoms with Crippen LogP contribution in [0.1, 0.15) is 6.42 Å². The van der Waals surface area contributed by atoms with Gasteiger partial charge in [-0.15, -0.1) is 0 Å². The smallest absolute Gasteiger partial charge is 0.139 e. The number of rotatable bonds is 5. The molecule has 15 heavy (non-hydrogen) atoms. The second-order valence-electron chi connectivity index (χ2n) is 3.10. The molecule has 0 spiro atoms. The molecule has 3 nitrogen and oxygen atoms in total. The predicted molar refractivity (Wildman–Crippen MR) is 61.6 cm³/mol. The van der Waals surface area contributed by atoms with E-state index in [-0.39, 0.29) is 6.54 Å². The molecule has 0 fully saturated rings. The average Bonchev–Trinajstić information content (AvgIpc) is 2.23. The number of hydrogen-bond acceptors (Lipinski definition) is 3. The molecule has 84 valence electrons. The molecule has 0 aliphatic carbocycles. The van der Waals surface area contributed by atoms with Gasteiger partial charge in [0.15, 0.2) is 0 Å². The summed E-state index contributed by atoms with van der Waals surface area (Å²) in [5.41, 5.74) is 5.25. The van der Waals surface area contributed by atoms with E-state index in [1.165, 1.54) is 0 Å². The van der Waals surface area contributed by atoms with E-state index < -0.39 is 6.10 Å². The lowest BCUT2D eigenvalue weighted by molar-refractivity contribution is 0.146. The predicted octanol–water partition coefficient (Wildman–Crippen LogP) is 2.08. The maximum atomic E-state index is 9.20. The van der Waals surface area contributed by atoms with Crippen molar-refractivity contribution in [3.8, 4) is 5.75 Å². The number of aliphatic hydroxyl groups is 1. The Labute approximate surface area is 98.7 Å². The van der Waals surface area contributed by atoms with Crippen LogP contribution in [0.3, 0.4) is 0 Å². The Morgan fingerprint density at radius 3 is 2.80 bits per heavy atom. The van der Waals surface area contributed by atoms with Crippen LogP contribution in [-0.4, -0.2) is 24.4 Å². The Morgan fingerprint density at radius 2 is 2.13 bits per heavy atom. The molecule has 0 saturated heterocycles. The van der Waals surface area contributed by atoms with Gasteiger partial charge in [-0.25, -0.2) is 0 Å². The molecular weight excluding hydrogens is 237 g/mol. The third kappa shape index (κ3) is 4.26. The Morgan fingerprint density at radius 1 is 1.40 bits per heavy atom. The molecule has 1 unspecified atom stereocenters. The minimum atomic E-state index is -0.539. The van der Waals surface area contributed by atoms with Gasteiger partial charge in [0.05, 0.1) is 17.7 Å². The number of ether oxygens (including phenoxy) is 1. The highest BCUT2D eigenvalue weighted by atomic mass is 35.5. The first kappa shape index (κ1) is 12.6. The minimum absolute atomic E-state index is 0.229. The molecule has 1 atom stereocenters. The van der Waals surface area contributed by atoms with Crippen LogP contribution in [0.4, 0.5) is 0 Å². The molecule has 0 heterocycles. The van der Waals surface area contributed by atoms with Crippen molar-refractivity contribution in [1.29, 1.82) is 0 Å². The van der Waals surface area contributed by atoms with Gasteiger partial charge in [0.1, 0.15) is 5.75 Å². The van der Waals surface area contributed by atoms with Crippen LogP contribution in [0.2, 0.25) is 10.0 Å².